The van der Waals surface area contributed by atoms with Crippen molar-refractivity contribution in [2.45, 2.75) is 13.8 Å². The van der Waals surface area contributed by atoms with Crippen LogP contribution >= 0.6 is 11.3 Å². The molecule has 0 aliphatic heterocycles. The van der Waals surface area contributed by atoms with Gasteiger partial charge in [0.05, 0.1) is 32.6 Å². The molecule has 3 rings (SSSR count). The Morgan fingerprint density at radius 3 is 2.25 bits per heavy atom. The third kappa shape index (κ3) is 3.53. The van der Waals surface area contributed by atoms with E-state index in [4.69, 9.17) is 14.2 Å². The number of rotatable bonds is 6. The Morgan fingerprint density at radius 2 is 1.75 bits per heavy atom. The SMILES string of the molecule is COc1cc(NC(=O)c2csc(-c3c(C)nn(C)c3C)n2)cc(OC)c1OC. The number of ether oxygens (including phenoxy) is 3. The Balaban J connectivity index is 1.87. The summed E-state index contributed by atoms with van der Waals surface area (Å²) in [7, 11) is 6.46. The molecule has 2 heterocycles. The van der Waals surface area contributed by atoms with Crippen LogP contribution in [0.2, 0.25) is 0 Å². The molecule has 0 saturated heterocycles. The fourth-order valence-corrected chi connectivity index (χ4v) is 3.87. The minimum Gasteiger partial charge on any atom is -0.493 e. The van der Waals surface area contributed by atoms with Crippen molar-refractivity contribution in [3.05, 3.63) is 34.6 Å². The van der Waals surface area contributed by atoms with Crippen molar-refractivity contribution in [2.24, 2.45) is 7.05 Å². The second kappa shape index (κ2) is 7.89. The van der Waals surface area contributed by atoms with Crippen LogP contribution < -0.4 is 19.5 Å². The number of methoxy groups -OCH3 is 3. The molecule has 0 saturated carbocycles. The Kier molecular flexibility index (Phi) is 5.55. The lowest BCUT2D eigenvalue weighted by Gasteiger charge is -2.14. The lowest BCUT2D eigenvalue weighted by atomic mass is 10.2. The number of anilines is 1. The largest absolute Gasteiger partial charge is 0.493 e. The van der Waals surface area contributed by atoms with E-state index in [1.165, 1.54) is 32.7 Å². The van der Waals surface area contributed by atoms with Gasteiger partial charge in [-0.3, -0.25) is 9.48 Å². The van der Waals surface area contributed by atoms with E-state index in [2.05, 4.69) is 15.4 Å². The molecule has 9 heteroatoms. The monoisotopic (exact) mass is 402 g/mol. The van der Waals surface area contributed by atoms with Gasteiger partial charge in [0.15, 0.2) is 11.5 Å². The van der Waals surface area contributed by atoms with Crippen LogP contribution in [0.5, 0.6) is 17.2 Å². The number of carbonyl (C=O) groups excluding carboxylic acids is 1. The Bertz CT molecular complexity index is 1000. The van der Waals surface area contributed by atoms with E-state index >= 15 is 0 Å². The van der Waals surface area contributed by atoms with Crippen LogP contribution in [0.1, 0.15) is 21.9 Å². The maximum absolute atomic E-state index is 12.7. The molecular weight excluding hydrogens is 380 g/mol. The fourth-order valence-electron chi connectivity index (χ4n) is 2.92. The van der Waals surface area contributed by atoms with E-state index in [9.17, 15) is 4.79 Å². The van der Waals surface area contributed by atoms with Gasteiger partial charge in [-0.25, -0.2) is 4.98 Å². The van der Waals surface area contributed by atoms with Gasteiger partial charge in [0.1, 0.15) is 10.7 Å². The average molecular weight is 402 g/mol. The van der Waals surface area contributed by atoms with Crippen molar-refractivity contribution in [1.82, 2.24) is 14.8 Å². The van der Waals surface area contributed by atoms with Crippen LogP contribution in [0.4, 0.5) is 5.69 Å². The van der Waals surface area contributed by atoms with E-state index in [-0.39, 0.29) is 5.91 Å². The molecule has 0 aliphatic rings. The summed E-state index contributed by atoms with van der Waals surface area (Å²) in [6.45, 7) is 3.91. The van der Waals surface area contributed by atoms with Crippen LogP contribution in [0, 0.1) is 13.8 Å². The molecule has 8 nitrogen and oxygen atoms in total. The number of aromatic nitrogens is 3. The summed E-state index contributed by atoms with van der Waals surface area (Å²) in [5.74, 6) is 1.05. The summed E-state index contributed by atoms with van der Waals surface area (Å²) in [6, 6.07) is 3.34. The van der Waals surface area contributed by atoms with E-state index in [0.29, 0.717) is 28.6 Å². The summed E-state index contributed by atoms with van der Waals surface area (Å²) in [5, 5.41) is 9.73. The second-order valence-electron chi connectivity index (χ2n) is 6.08. The molecule has 2 aromatic heterocycles. The van der Waals surface area contributed by atoms with Gasteiger partial charge in [0.25, 0.3) is 5.91 Å². The van der Waals surface area contributed by atoms with Gasteiger partial charge in [-0.05, 0) is 13.8 Å². The van der Waals surface area contributed by atoms with Gasteiger partial charge in [-0.1, -0.05) is 0 Å². The topological polar surface area (TPSA) is 87.5 Å². The zero-order valence-electron chi connectivity index (χ0n) is 16.6. The van der Waals surface area contributed by atoms with Crippen molar-refractivity contribution in [3.63, 3.8) is 0 Å². The summed E-state index contributed by atoms with van der Waals surface area (Å²) in [4.78, 5) is 17.2. The van der Waals surface area contributed by atoms with Crippen LogP contribution in [-0.4, -0.2) is 42.0 Å². The third-order valence-electron chi connectivity index (χ3n) is 4.38. The van der Waals surface area contributed by atoms with E-state index in [1.807, 2.05) is 25.6 Å². The van der Waals surface area contributed by atoms with Crippen molar-refractivity contribution in [2.75, 3.05) is 26.6 Å². The quantitative estimate of drug-likeness (QED) is 0.680. The smallest absolute Gasteiger partial charge is 0.275 e. The zero-order chi connectivity index (χ0) is 20.4. The molecule has 0 unspecified atom stereocenters. The number of carbonyl (C=O) groups is 1. The molecule has 0 spiro atoms. The molecule has 1 N–H and O–H groups in total. The van der Waals surface area contributed by atoms with Gasteiger partial charge in [-0.2, -0.15) is 5.10 Å². The first-order valence-corrected chi connectivity index (χ1v) is 9.35. The van der Waals surface area contributed by atoms with Crippen LogP contribution in [-0.2, 0) is 7.05 Å². The number of hydrogen-bond acceptors (Lipinski definition) is 7. The molecular formula is C19H22N4O4S. The van der Waals surface area contributed by atoms with Crippen molar-refractivity contribution < 1.29 is 19.0 Å². The molecule has 0 fully saturated rings. The Morgan fingerprint density at radius 1 is 1.11 bits per heavy atom. The maximum Gasteiger partial charge on any atom is 0.275 e. The highest BCUT2D eigenvalue weighted by molar-refractivity contribution is 7.13. The molecule has 28 heavy (non-hydrogen) atoms. The maximum atomic E-state index is 12.7. The third-order valence-corrected chi connectivity index (χ3v) is 5.24. The van der Waals surface area contributed by atoms with Crippen molar-refractivity contribution in [3.8, 4) is 27.8 Å². The molecule has 0 atom stereocenters. The molecule has 0 bridgehead atoms. The number of nitrogens with zero attached hydrogens (tertiary/aromatic N) is 3. The van der Waals surface area contributed by atoms with Crippen molar-refractivity contribution >= 4 is 22.9 Å². The van der Waals surface area contributed by atoms with E-state index in [0.717, 1.165) is 22.0 Å². The highest BCUT2D eigenvalue weighted by atomic mass is 32.1. The van der Waals surface area contributed by atoms with Gasteiger partial charge in [0, 0.05) is 35.9 Å². The second-order valence-corrected chi connectivity index (χ2v) is 6.93. The van der Waals surface area contributed by atoms with Gasteiger partial charge in [-0.15, -0.1) is 11.3 Å². The van der Waals surface area contributed by atoms with Crippen LogP contribution in [0.15, 0.2) is 17.5 Å². The minimum atomic E-state index is -0.323. The molecule has 148 valence electrons. The van der Waals surface area contributed by atoms with Gasteiger partial charge < -0.3 is 19.5 Å². The normalized spacial score (nSPS) is 10.6. The molecule has 0 aliphatic carbocycles. The summed E-state index contributed by atoms with van der Waals surface area (Å²) >= 11 is 1.41. The Hall–Kier alpha value is -3.07. The van der Waals surface area contributed by atoms with Gasteiger partial charge in [0.2, 0.25) is 5.75 Å². The summed E-state index contributed by atoms with van der Waals surface area (Å²) < 4.78 is 17.7. The lowest BCUT2D eigenvalue weighted by Crippen LogP contribution is -2.12. The van der Waals surface area contributed by atoms with E-state index < -0.39 is 0 Å². The van der Waals surface area contributed by atoms with Crippen LogP contribution in [0.25, 0.3) is 10.6 Å². The van der Waals surface area contributed by atoms with Crippen molar-refractivity contribution in [1.29, 1.82) is 0 Å². The number of nitrogens with one attached hydrogen (secondary N) is 1. The molecule has 1 aromatic carbocycles. The number of hydrogen-bond donors (Lipinski definition) is 1. The predicted molar refractivity (Wildman–Crippen MR) is 108 cm³/mol. The number of aryl methyl sites for hydroxylation is 2. The molecule has 3 aromatic rings. The summed E-state index contributed by atoms with van der Waals surface area (Å²) in [6.07, 6.45) is 0. The summed E-state index contributed by atoms with van der Waals surface area (Å²) in [5.41, 5.74) is 3.69. The van der Waals surface area contributed by atoms with E-state index in [1.54, 1.807) is 17.5 Å². The molecule has 1 amide bonds. The standard InChI is InChI=1S/C19H22N4O4S/c1-10-16(11(2)23(3)22-10)19-21-13(9-28-19)18(24)20-12-7-14(25-4)17(27-6)15(8-12)26-5/h7-9H,1-6H3,(H,20,24). The first kappa shape index (κ1) is 19.7. The lowest BCUT2D eigenvalue weighted by molar-refractivity contribution is 0.102. The minimum absolute atomic E-state index is 0.323. The first-order valence-electron chi connectivity index (χ1n) is 8.47. The molecule has 0 radical (unpaired) electrons. The van der Waals surface area contributed by atoms with Crippen LogP contribution in [0.3, 0.4) is 0 Å². The number of benzene rings is 1. The number of amides is 1. The predicted octanol–water partition coefficient (Wildman–Crippen LogP) is 3.44. The van der Waals surface area contributed by atoms with Gasteiger partial charge >= 0.3 is 0 Å². The zero-order valence-corrected chi connectivity index (χ0v) is 17.4. The number of thiazole rings is 1. The average Bonchev–Trinajstić information content (AvgIpc) is 3.25. The highest BCUT2D eigenvalue weighted by Gasteiger charge is 2.19. The highest BCUT2D eigenvalue weighted by Crippen LogP contribution is 2.40. The Labute approximate surface area is 167 Å². The fraction of sp³-hybridized carbons (Fsp3) is 0.316. The first-order chi connectivity index (χ1) is 13.4.